The highest BCUT2D eigenvalue weighted by molar-refractivity contribution is 7.47. The van der Waals surface area contributed by atoms with Gasteiger partial charge in [0, 0.05) is 12.8 Å². The van der Waals surface area contributed by atoms with E-state index in [1.54, 1.807) is 12.2 Å². The lowest BCUT2D eigenvalue weighted by Crippen LogP contribution is -2.29. The van der Waals surface area contributed by atoms with Gasteiger partial charge in [0.2, 0.25) is 0 Å². The standard InChI is InChI=1S/C44H77O11P/c1-3-5-7-9-11-13-14-15-16-17-18-20-22-26-31-35-44(49)55-42(39-54-56(50,51)53-37-41(47)36-45)38-52-43(48)34-30-27-23-25-29-33-40(46)32-28-24-21-19-12-10-8-6-4-2/h12-14,19,23-25,28-29,33,40-42,45-47H,3-11,15-18,20-22,26-27,30-32,34-39H2,1-2H3,(H,50,51)/b14-13-,19-12-,25-23+,28-24-,33-29-/t40?,41-,42+/m0/s1. The molecule has 0 saturated carbocycles. The van der Waals surface area contributed by atoms with E-state index in [0.29, 0.717) is 25.7 Å². The Kier molecular flexibility index (Phi) is 37.8. The van der Waals surface area contributed by atoms with Crippen LogP contribution in [0, 0.1) is 0 Å². The molecule has 0 saturated heterocycles. The Morgan fingerprint density at radius 2 is 1.14 bits per heavy atom. The van der Waals surface area contributed by atoms with Crippen molar-refractivity contribution in [3.05, 3.63) is 60.8 Å². The Labute approximate surface area is 338 Å². The second-order valence-electron chi connectivity index (χ2n) is 14.2. The van der Waals surface area contributed by atoms with Gasteiger partial charge in [-0.05, 0) is 70.6 Å². The van der Waals surface area contributed by atoms with E-state index in [4.69, 9.17) is 19.1 Å². The zero-order valence-corrected chi connectivity index (χ0v) is 35.6. The van der Waals surface area contributed by atoms with Crippen molar-refractivity contribution in [1.29, 1.82) is 0 Å². The summed E-state index contributed by atoms with van der Waals surface area (Å²) in [5.74, 6) is -1.06. The number of esters is 2. The van der Waals surface area contributed by atoms with E-state index in [-0.39, 0.29) is 19.4 Å². The summed E-state index contributed by atoms with van der Waals surface area (Å²) in [6, 6.07) is 0. The molecule has 4 atom stereocenters. The molecule has 2 unspecified atom stereocenters. The van der Waals surface area contributed by atoms with Crippen molar-refractivity contribution >= 4 is 19.8 Å². The van der Waals surface area contributed by atoms with Gasteiger partial charge in [-0.3, -0.25) is 18.6 Å². The van der Waals surface area contributed by atoms with E-state index in [2.05, 4.69) is 48.8 Å². The highest BCUT2D eigenvalue weighted by atomic mass is 31.2. The number of allylic oxidation sites excluding steroid dienone is 8. The molecule has 0 amide bonds. The third kappa shape index (κ3) is 38.5. The van der Waals surface area contributed by atoms with Gasteiger partial charge in [0.05, 0.1) is 25.9 Å². The predicted molar refractivity (Wildman–Crippen MR) is 225 cm³/mol. The van der Waals surface area contributed by atoms with Crippen molar-refractivity contribution in [1.82, 2.24) is 0 Å². The summed E-state index contributed by atoms with van der Waals surface area (Å²) in [7, 11) is -4.65. The van der Waals surface area contributed by atoms with Crippen LogP contribution in [-0.2, 0) is 32.7 Å². The quantitative estimate of drug-likeness (QED) is 0.0153. The zero-order valence-electron chi connectivity index (χ0n) is 34.7. The Balaban J connectivity index is 4.50. The Bertz CT molecular complexity index is 1130. The molecule has 0 aliphatic heterocycles. The van der Waals surface area contributed by atoms with Crippen molar-refractivity contribution in [3.63, 3.8) is 0 Å². The number of rotatable bonds is 39. The zero-order chi connectivity index (χ0) is 41.4. The van der Waals surface area contributed by atoms with Gasteiger partial charge in [-0.1, -0.05) is 139 Å². The van der Waals surface area contributed by atoms with Gasteiger partial charge in [0.15, 0.2) is 6.10 Å². The van der Waals surface area contributed by atoms with Gasteiger partial charge in [-0.15, -0.1) is 0 Å². The molecule has 0 aliphatic rings. The van der Waals surface area contributed by atoms with Gasteiger partial charge < -0.3 is 29.7 Å². The Hall–Kier alpha value is -2.37. The molecule has 0 radical (unpaired) electrons. The van der Waals surface area contributed by atoms with Crippen LogP contribution < -0.4 is 0 Å². The highest BCUT2D eigenvalue weighted by Crippen LogP contribution is 2.43. The molecule has 11 nitrogen and oxygen atoms in total. The molecule has 324 valence electrons. The molecular weight excluding hydrogens is 735 g/mol. The minimum Gasteiger partial charge on any atom is -0.462 e. The molecule has 0 aliphatic carbocycles. The number of aliphatic hydroxyl groups excluding tert-OH is 3. The molecule has 4 N–H and O–H groups in total. The molecule has 0 fully saturated rings. The van der Waals surface area contributed by atoms with Crippen LogP contribution in [0.15, 0.2) is 60.8 Å². The molecule has 0 bridgehead atoms. The summed E-state index contributed by atoms with van der Waals surface area (Å²) >= 11 is 0. The second kappa shape index (κ2) is 39.5. The molecular formula is C44H77O11P. The van der Waals surface area contributed by atoms with Crippen LogP contribution in [0.1, 0.15) is 162 Å². The number of aliphatic hydroxyl groups is 3. The maximum absolute atomic E-state index is 12.6. The summed E-state index contributed by atoms with van der Waals surface area (Å²) in [5.41, 5.74) is 0. The van der Waals surface area contributed by atoms with Gasteiger partial charge in [-0.25, -0.2) is 4.57 Å². The summed E-state index contributed by atoms with van der Waals surface area (Å²) < 4.78 is 32.6. The Morgan fingerprint density at radius 3 is 1.82 bits per heavy atom. The molecule has 0 aromatic rings. The summed E-state index contributed by atoms with van der Waals surface area (Å²) in [6.07, 6.45) is 39.3. The van der Waals surface area contributed by atoms with E-state index >= 15 is 0 Å². The predicted octanol–water partition coefficient (Wildman–Crippen LogP) is 10.1. The first-order valence-corrected chi connectivity index (χ1v) is 22.8. The first kappa shape index (κ1) is 53.6. The summed E-state index contributed by atoms with van der Waals surface area (Å²) in [5, 5.41) is 28.4. The largest absolute Gasteiger partial charge is 0.472 e. The minimum absolute atomic E-state index is 0.104. The molecule has 0 aromatic heterocycles. The van der Waals surface area contributed by atoms with E-state index < -0.39 is 57.9 Å². The van der Waals surface area contributed by atoms with Crippen LogP contribution in [0.2, 0.25) is 0 Å². The second-order valence-corrected chi connectivity index (χ2v) is 15.7. The Morgan fingerprint density at radius 1 is 0.607 bits per heavy atom. The van der Waals surface area contributed by atoms with Crippen LogP contribution in [0.4, 0.5) is 0 Å². The van der Waals surface area contributed by atoms with Crippen molar-refractivity contribution < 1.29 is 52.9 Å². The molecule has 0 heterocycles. The van der Waals surface area contributed by atoms with Gasteiger partial charge in [0.1, 0.15) is 12.7 Å². The lowest BCUT2D eigenvalue weighted by atomic mass is 10.1. The van der Waals surface area contributed by atoms with Crippen LogP contribution >= 0.6 is 7.82 Å². The van der Waals surface area contributed by atoms with E-state index in [1.165, 1.54) is 64.2 Å². The lowest BCUT2D eigenvalue weighted by molar-refractivity contribution is -0.161. The van der Waals surface area contributed by atoms with Gasteiger partial charge in [0.25, 0.3) is 0 Å². The minimum atomic E-state index is -4.65. The SMILES string of the molecule is CCCCC/C=C\C/C=C\CC(O)/C=C\C=C\CCCC(=O)OC[C@H](COP(=O)(O)OC[C@@H](O)CO)OC(=O)CCCCCCCCC/C=C\CCCCCC. The maximum atomic E-state index is 12.6. The normalized spacial score (nSPS) is 15.0. The van der Waals surface area contributed by atoms with Gasteiger partial charge in [-0.2, -0.15) is 0 Å². The average molecular weight is 813 g/mol. The van der Waals surface area contributed by atoms with E-state index in [0.717, 1.165) is 44.9 Å². The van der Waals surface area contributed by atoms with Crippen molar-refractivity contribution in [2.45, 2.75) is 180 Å². The molecule has 56 heavy (non-hydrogen) atoms. The number of carbonyl (C=O) groups excluding carboxylic acids is 2. The van der Waals surface area contributed by atoms with Crippen molar-refractivity contribution in [2.75, 3.05) is 26.4 Å². The van der Waals surface area contributed by atoms with Crippen LogP contribution in [0.5, 0.6) is 0 Å². The molecule has 0 aromatic carbocycles. The third-order valence-electron chi connectivity index (χ3n) is 8.72. The van der Waals surface area contributed by atoms with Crippen LogP contribution in [0.3, 0.4) is 0 Å². The van der Waals surface area contributed by atoms with Crippen molar-refractivity contribution in [2.24, 2.45) is 0 Å². The topological polar surface area (TPSA) is 169 Å². The van der Waals surface area contributed by atoms with Gasteiger partial charge >= 0.3 is 19.8 Å². The van der Waals surface area contributed by atoms with E-state index in [9.17, 15) is 29.3 Å². The highest BCUT2D eigenvalue weighted by Gasteiger charge is 2.27. The number of hydrogen-bond acceptors (Lipinski definition) is 10. The fourth-order valence-corrected chi connectivity index (χ4v) is 6.14. The average Bonchev–Trinajstić information content (AvgIpc) is 3.18. The number of carbonyl (C=O) groups is 2. The lowest BCUT2D eigenvalue weighted by Gasteiger charge is -2.20. The molecule has 12 heteroatoms. The number of unbranched alkanes of at least 4 members (excludes halogenated alkanes) is 15. The third-order valence-corrected chi connectivity index (χ3v) is 9.68. The number of hydrogen-bond donors (Lipinski definition) is 4. The van der Waals surface area contributed by atoms with Crippen LogP contribution in [-0.4, -0.2) is 76.9 Å². The maximum Gasteiger partial charge on any atom is 0.472 e. The first-order chi connectivity index (χ1) is 27.1. The fourth-order valence-electron chi connectivity index (χ4n) is 5.35. The molecule has 0 spiro atoms. The summed E-state index contributed by atoms with van der Waals surface area (Å²) in [4.78, 5) is 34.9. The molecule has 0 rings (SSSR count). The number of phosphoric ester groups is 1. The summed E-state index contributed by atoms with van der Waals surface area (Å²) in [6.45, 7) is 2.16. The van der Waals surface area contributed by atoms with E-state index in [1.807, 2.05) is 18.2 Å². The van der Waals surface area contributed by atoms with Crippen LogP contribution in [0.25, 0.3) is 0 Å². The smallest absolute Gasteiger partial charge is 0.462 e. The van der Waals surface area contributed by atoms with Crippen molar-refractivity contribution in [3.8, 4) is 0 Å². The monoisotopic (exact) mass is 813 g/mol. The number of phosphoric acid groups is 1. The number of ether oxygens (including phenoxy) is 2. The first-order valence-electron chi connectivity index (χ1n) is 21.4. The fraction of sp³-hybridized carbons (Fsp3) is 0.727.